The van der Waals surface area contributed by atoms with Crippen LogP contribution < -0.4 is 10.2 Å². The number of amides is 2. The summed E-state index contributed by atoms with van der Waals surface area (Å²) >= 11 is 0. The number of piperidine rings is 1. The van der Waals surface area contributed by atoms with E-state index >= 15 is 0 Å². The molecule has 7 heteroatoms. The average Bonchev–Trinajstić information content (AvgIpc) is 2.49. The van der Waals surface area contributed by atoms with Gasteiger partial charge in [0.05, 0.1) is 17.9 Å². The van der Waals surface area contributed by atoms with Gasteiger partial charge in [0, 0.05) is 26.7 Å². The second kappa shape index (κ2) is 6.60. The van der Waals surface area contributed by atoms with Crippen LogP contribution in [0.5, 0.6) is 0 Å². The highest BCUT2D eigenvalue weighted by atomic mass is 16.2. The first-order valence-electron chi connectivity index (χ1n) is 7.42. The van der Waals surface area contributed by atoms with Gasteiger partial charge in [0.15, 0.2) is 5.69 Å². The summed E-state index contributed by atoms with van der Waals surface area (Å²) in [5, 5.41) is 12.0. The number of nitrogens with one attached hydrogen (secondary N) is 1. The van der Waals surface area contributed by atoms with Crippen LogP contribution in [0.1, 0.15) is 31.2 Å². The quantitative estimate of drug-likeness (QED) is 0.889. The topological polar surface area (TPSA) is 85.2 Å². The third-order valence-electron chi connectivity index (χ3n) is 4.04. The van der Waals surface area contributed by atoms with Gasteiger partial charge < -0.3 is 15.1 Å². The van der Waals surface area contributed by atoms with Crippen molar-refractivity contribution in [3.05, 3.63) is 17.6 Å². The van der Waals surface area contributed by atoms with Gasteiger partial charge in [-0.1, -0.05) is 0 Å². The Kier molecular flexibility index (Phi) is 4.81. The van der Waals surface area contributed by atoms with Gasteiger partial charge in [-0.15, -0.1) is 0 Å². The molecule has 1 saturated heterocycles. The number of nitrogens with zero attached hydrogens (tertiary/aromatic N) is 5. The van der Waals surface area contributed by atoms with Crippen molar-refractivity contribution in [1.29, 1.82) is 5.26 Å². The lowest BCUT2D eigenvalue weighted by atomic mass is 9.97. The third kappa shape index (κ3) is 3.27. The van der Waals surface area contributed by atoms with E-state index in [1.54, 1.807) is 27.2 Å². The van der Waals surface area contributed by atoms with E-state index in [9.17, 15) is 4.79 Å². The molecule has 0 spiro atoms. The van der Waals surface area contributed by atoms with Crippen LogP contribution in [0, 0.1) is 18.3 Å². The molecule has 1 aliphatic heterocycles. The van der Waals surface area contributed by atoms with E-state index in [1.165, 1.54) is 4.90 Å². The molecule has 2 amide bonds. The highest BCUT2D eigenvalue weighted by molar-refractivity contribution is 5.74. The van der Waals surface area contributed by atoms with Gasteiger partial charge in [-0.2, -0.15) is 5.26 Å². The predicted molar refractivity (Wildman–Crippen MR) is 83.5 cm³/mol. The Hall–Kier alpha value is -2.36. The van der Waals surface area contributed by atoms with Crippen LogP contribution in [-0.4, -0.2) is 53.6 Å². The van der Waals surface area contributed by atoms with Gasteiger partial charge in [0.25, 0.3) is 0 Å². The van der Waals surface area contributed by atoms with Crippen molar-refractivity contribution in [2.24, 2.45) is 0 Å². The molecule has 1 fully saturated rings. The number of carbonyl (C=O) groups excluding carboxylic acids is 1. The predicted octanol–water partition coefficient (Wildman–Crippen LogP) is 1.29. The van der Waals surface area contributed by atoms with Gasteiger partial charge in [0.2, 0.25) is 0 Å². The molecule has 118 valence electrons. The highest BCUT2D eigenvalue weighted by Crippen LogP contribution is 2.23. The number of aryl methyl sites for hydroxylation is 1. The molecule has 0 saturated carbocycles. The Bertz CT molecular complexity index is 594. The molecule has 0 radical (unpaired) electrons. The molecule has 2 rings (SSSR count). The van der Waals surface area contributed by atoms with Gasteiger partial charge in [-0.05, 0) is 26.7 Å². The molecule has 2 atom stereocenters. The van der Waals surface area contributed by atoms with Gasteiger partial charge in [-0.3, -0.25) is 0 Å². The minimum absolute atomic E-state index is 0.0707. The lowest BCUT2D eigenvalue weighted by molar-refractivity contribution is 0.207. The van der Waals surface area contributed by atoms with Crippen molar-refractivity contribution in [3.8, 4) is 6.07 Å². The zero-order chi connectivity index (χ0) is 16.3. The van der Waals surface area contributed by atoms with Gasteiger partial charge in [0.1, 0.15) is 11.9 Å². The van der Waals surface area contributed by atoms with Crippen LogP contribution >= 0.6 is 0 Å². The summed E-state index contributed by atoms with van der Waals surface area (Å²) < 4.78 is 0. The maximum absolute atomic E-state index is 11.9. The Balaban J connectivity index is 2.16. The van der Waals surface area contributed by atoms with Crippen LogP contribution in [-0.2, 0) is 0 Å². The van der Waals surface area contributed by atoms with Crippen LogP contribution in [0.3, 0.4) is 0 Å². The van der Waals surface area contributed by atoms with Gasteiger partial charge in [-0.25, -0.2) is 14.8 Å². The highest BCUT2D eigenvalue weighted by Gasteiger charge is 2.30. The largest absolute Gasteiger partial charge is 0.351 e. The fourth-order valence-electron chi connectivity index (χ4n) is 2.66. The lowest BCUT2D eigenvalue weighted by Gasteiger charge is -2.40. The van der Waals surface area contributed by atoms with E-state index in [1.807, 2.05) is 6.07 Å². The van der Waals surface area contributed by atoms with Crippen molar-refractivity contribution in [2.75, 3.05) is 25.5 Å². The molecule has 2 heterocycles. The van der Waals surface area contributed by atoms with E-state index in [-0.39, 0.29) is 18.1 Å². The van der Waals surface area contributed by atoms with Crippen LogP contribution in [0.2, 0.25) is 0 Å². The van der Waals surface area contributed by atoms with Crippen molar-refractivity contribution in [2.45, 2.75) is 38.8 Å². The number of nitriles is 1. The Morgan fingerprint density at radius 2 is 2.27 bits per heavy atom. The minimum atomic E-state index is -0.0826. The van der Waals surface area contributed by atoms with E-state index in [0.717, 1.165) is 25.2 Å². The summed E-state index contributed by atoms with van der Waals surface area (Å²) in [6, 6.07) is 2.14. The summed E-state index contributed by atoms with van der Waals surface area (Å²) in [5.74, 6) is 0.757. The molecule has 0 bridgehead atoms. The number of urea groups is 1. The van der Waals surface area contributed by atoms with E-state index in [4.69, 9.17) is 5.26 Å². The average molecular weight is 302 g/mol. The standard InChI is InChI=1S/C15H22N6O/c1-10-13(8-16)17-9-14(18-10)21-7-5-6-12(11(21)2)19-15(22)20(3)4/h9,11-12H,5-7H2,1-4H3,(H,19,22). The molecule has 2 unspecified atom stereocenters. The molecule has 1 N–H and O–H groups in total. The fraction of sp³-hybridized carbons (Fsp3) is 0.600. The maximum Gasteiger partial charge on any atom is 0.317 e. The molecule has 7 nitrogen and oxygen atoms in total. The summed E-state index contributed by atoms with van der Waals surface area (Å²) in [6.07, 6.45) is 3.56. The molecule has 1 aromatic heterocycles. The van der Waals surface area contributed by atoms with Gasteiger partial charge >= 0.3 is 6.03 Å². The molecule has 0 aliphatic carbocycles. The second-order valence-corrected chi connectivity index (χ2v) is 5.80. The SMILES string of the molecule is Cc1nc(N2CCCC(NC(=O)N(C)C)C2C)cnc1C#N. The lowest BCUT2D eigenvalue weighted by Crippen LogP contribution is -2.56. The first-order valence-corrected chi connectivity index (χ1v) is 7.42. The van der Waals surface area contributed by atoms with E-state index in [0.29, 0.717) is 11.4 Å². The summed E-state index contributed by atoms with van der Waals surface area (Å²) in [7, 11) is 3.46. The Morgan fingerprint density at radius 1 is 1.55 bits per heavy atom. The number of aromatic nitrogens is 2. The number of carbonyl (C=O) groups is 1. The molecule has 1 aliphatic rings. The zero-order valence-corrected chi connectivity index (χ0v) is 13.5. The van der Waals surface area contributed by atoms with Crippen molar-refractivity contribution < 1.29 is 4.79 Å². The number of hydrogen-bond acceptors (Lipinski definition) is 5. The number of rotatable bonds is 2. The van der Waals surface area contributed by atoms with Crippen LogP contribution in [0.15, 0.2) is 6.20 Å². The minimum Gasteiger partial charge on any atom is -0.351 e. The molecule has 0 aromatic carbocycles. The third-order valence-corrected chi connectivity index (χ3v) is 4.04. The first-order chi connectivity index (χ1) is 10.4. The molecular weight excluding hydrogens is 280 g/mol. The smallest absolute Gasteiger partial charge is 0.317 e. The van der Waals surface area contributed by atoms with Crippen molar-refractivity contribution >= 4 is 11.8 Å². The van der Waals surface area contributed by atoms with Crippen molar-refractivity contribution in [1.82, 2.24) is 20.2 Å². The first kappa shape index (κ1) is 16.0. The second-order valence-electron chi connectivity index (χ2n) is 5.80. The summed E-state index contributed by atoms with van der Waals surface area (Å²) in [5.41, 5.74) is 0.984. The molecule has 1 aromatic rings. The van der Waals surface area contributed by atoms with Crippen LogP contribution in [0.4, 0.5) is 10.6 Å². The van der Waals surface area contributed by atoms with E-state index in [2.05, 4.69) is 27.1 Å². The zero-order valence-electron chi connectivity index (χ0n) is 13.5. The Labute approximate surface area is 131 Å². The summed E-state index contributed by atoms with van der Waals surface area (Å²) in [6.45, 7) is 4.74. The maximum atomic E-state index is 11.9. The fourth-order valence-corrected chi connectivity index (χ4v) is 2.66. The number of hydrogen-bond donors (Lipinski definition) is 1. The molecular formula is C15H22N6O. The normalized spacial score (nSPS) is 21.1. The Morgan fingerprint density at radius 3 is 2.86 bits per heavy atom. The summed E-state index contributed by atoms with van der Waals surface area (Å²) in [4.78, 5) is 24.2. The van der Waals surface area contributed by atoms with Crippen molar-refractivity contribution in [3.63, 3.8) is 0 Å². The van der Waals surface area contributed by atoms with E-state index < -0.39 is 0 Å². The molecule has 22 heavy (non-hydrogen) atoms. The number of anilines is 1. The van der Waals surface area contributed by atoms with Crippen LogP contribution in [0.25, 0.3) is 0 Å². The monoisotopic (exact) mass is 302 g/mol.